The molecule has 0 spiro atoms. The average molecular weight is 499 g/mol. The Balaban J connectivity index is 1.50. The van der Waals surface area contributed by atoms with Gasteiger partial charge in [0.15, 0.2) is 5.82 Å². The van der Waals surface area contributed by atoms with E-state index in [0.717, 1.165) is 49.0 Å². The predicted molar refractivity (Wildman–Crippen MR) is 136 cm³/mol. The first kappa shape index (κ1) is 25.2. The molecular formula is C25H34N6O3S. The summed E-state index contributed by atoms with van der Waals surface area (Å²) < 4.78 is 4.02. The van der Waals surface area contributed by atoms with Crippen molar-refractivity contribution in [1.29, 1.82) is 0 Å². The van der Waals surface area contributed by atoms with Crippen LogP contribution in [0.25, 0.3) is 10.4 Å². The van der Waals surface area contributed by atoms with Crippen molar-refractivity contribution < 1.29 is 14.4 Å². The van der Waals surface area contributed by atoms with Crippen LogP contribution in [0.4, 0.5) is 5.82 Å². The Morgan fingerprint density at radius 1 is 1.06 bits per heavy atom. The van der Waals surface area contributed by atoms with E-state index in [1.807, 2.05) is 30.3 Å². The van der Waals surface area contributed by atoms with Crippen molar-refractivity contribution in [1.82, 2.24) is 25.1 Å². The van der Waals surface area contributed by atoms with Gasteiger partial charge in [-0.2, -0.15) is 0 Å². The molecule has 188 valence electrons. The van der Waals surface area contributed by atoms with Gasteiger partial charge in [0.05, 0.1) is 10.9 Å². The zero-order valence-electron chi connectivity index (χ0n) is 20.3. The largest absolute Gasteiger partial charge is 0.343 e. The maximum absolute atomic E-state index is 13.8. The third-order valence-electron chi connectivity index (χ3n) is 7.12. The van der Waals surface area contributed by atoms with Crippen LogP contribution in [-0.4, -0.2) is 63.9 Å². The number of anilines is 1. The molecule has 1 aliphatic heterocycles. The summed E-state index contributed by atoms with van der Waals surface area (Å²) in [5, 5.41) is 13.0. The minimum absolute atomic E-state index is 0.0843. The maximum atomic E-state index is 13.8. The number of hydrogen-bond donors (Lipinski definition) is 3. The summed E-state index contributed by atoms with van der Waals surface area (Å²) >= 11 is 1.22. The van der Waals surface area contributed by atoms with Crippen molar-refractivity contribution in [2.75, 3.05) is 18.9 Å². The molecule has 0 bridgehead atoms. The van der Waals surface area contributed by atoms with Gasteiger partial charge in [0, 0.05) is 6.54 Å². The number of hydrogen-bond acceptors (Lipinski definition) is 7. The van der Waals surface area contributed by atoms with Gasteiger partial charge in [-0.25, -0.2) is 0 Å². The van der Waals surface area contributed by atoms with Crippen LogP contribution in [-0.2, 0) is 14.4 Å². The zero-order valence-corrected chi connectivity index (χ0v) is 21.1. The third-order valence-corrected chi connectivity index (χ3v) is 7.89. The summed E-state index contributed by atoms with van der Waals surface area (Å²) in [5.41, 5.74) is 0.927. The monoisotopic (exact) mass is 498 g/mol. The second-order valence-electron chi connectivity index (χ2n) is 9.39. The maximum Gasteiger partial charge on any atom is 0.248 e. The Hall–Kier alpha value is -2.85. The van der Waals surface area contributed by atoms with Crippen molar-refractivity contribution in [2.45, 2.75) is 70.0 Å². The molecule has 1 aliphatic carbocycles. The summed E-state index contributed by atoms with van der Waals surface area (Å²) in [6.07, 6.45) is 6.37. The fourth-order valence-electron chi connectivity index (χ4n) is 4.99. The van der Waals surface area contributed by atoms with Gasteiger partial charge < -0.3 is 20.9 Å². The van der Waals surface area contributed by atoms with Crippen LogP contribution in [0.3, 0.4) is 0 Å². The van der Waals surface area contributed by atoms with Crippen LogP contribution in [0.5, 0.6) is 0 Å². The first-order valence-corrected chi connectivity index (χ1v) is 13.2. The average Bonchev–Trinajstić information content (AvgIpc) is 3.57. The Morgan fingerprint density at radius 3 is 2.51 bits per heavy atom. The highest BCUT2D eigenvalue weighted by atomic mass is 32.1. The highest BCUT2D eigenvalue weighted by Gasteiger charge is 2.41. The van der Waals surface area contributed by atoms with Gasteiger partial charge in [-0.15, -0.1) is 5.10 Å². The van der Waals surface area contributed by atoms with Crippen LogP contribution >= 0.6 is 11.5 Å². The van der Waals surface area contributed by atoms with Gasteiger partial charge in [0.1, 0.15) is 12.1 Å². The van der Waals surface area contributed by atoms with E-state index in [-0.39, 0.29) is 23.6 Å². The summed E-state index contributed by atoms with van der Waals surface area (Å²) in [6, 6.07) is 8.04. The summed E-state index contributed by atoms with van der Waals surface area (Å²) in [5.74, 6) is -0.131. The highest BCUT2D eigenvalue weighted by Crippen LogP contribution is 2.32. The van der Waals surface area contributed by atoms with Gasteiger partial charge in [-0.1, -0.05) is 54.1 Å². The molecule has 3 amide bonds. The molecule has 2 aliphatic rings. The smallest absolute Gasteiger partial charge is 0.248 e. The number of likely N-dealkylation sites (tertiary alicyclic amines) is 1. The predicted octanol–water partition coefficient (Wildman–Crippen LogP) is 2.81. The number of rotatable bonds is 8. The lowest BCUT2D eigenvalue weighted by molar-refractivity contribution is -0.142. The molecule has 2 fully saturated rings. The van der Waals surface area contributed by atoms with E-state index in [1.165, 1.54) is 11.5 Å². The number of aromatic nitrogens is 2. The normalized spacial score (nSPS) is 20.3. The lowest BCUT2D eigenvalue weighted by Crippen LogP contribution is -2.57. The van der Waals surface area contributed by atoms with E-state index in [0.29, 0.717) is 18.8 Å². The van der Waals surface area contributed by atoms with Gasteiger partial charge >= 0.3 is 0 Å². The van der Waals surface area contributed by atoms with Crippen molar-refractivity contribution in [3.8, 4) is 10.4 Å². The van der Waals surface area contributed by atoms with E-state index in [4.69, 9.17) is 0 Å². The second kappa shape index (κ2) is 11.7. The van der Waals surface area contributed by atoms with E-state index in [2.05, 4.69) is 25.5 Å². The SMILES string of the molecule is CN[C@@H](C)C(=O)N[C@H](C(=O)N1CCC[C@H]1C(=O)Nc1nnsc1-c1ccccc1)C1CCCCC1. The second-order valence-corrected chi connectivity index (χ2v) is 10.1. The number of nitrogens with zero attached hydrogens (tertiary/aromatic N) is 3. The Morgan fingerprint density at radius 2 is 1.80 bits per heavy atom. The third kappa shape index (κ3) is 5.87. The minimum Gasteiger partial charge on any atom is -0.343 e. The first-order valence-electron chi connectivity index (χ1n) is 12.5. The topological polar surface area (TPSA) is 116 Å². The number of nitrogens with one attached hydrogen (secondary N) is 3. The number of carbonyl (C=O) groups excluding carboxylic acids is 3. The van der Waals surface area contributed by atoms with Gasteiger partial charge in [0.25, 0.3) is 0 Å². The van der Waals surface area contributed by atoms with Crippen LogP contribution in [0.1, 0.15) is 51.9 Å². The van der Waals surface area contributed by atoms with Crippen LogP contribution in [0.15, 0.2) is 30.3 Å². The number of carbonyl (C=O) groups is 3. The van der Waals surface area contributed by atoms with Crippen LogP contribution < -0.4 is 16.0 Å². The Kier molecular flexibility index (Phi) is 8.46. The molecule has 3 N–H and O–H groups in total. The number of benzene rings is 1. The molecule has 3 atom stereocenters. The summed E-state index contributed by atoms with van der Waals surface area (Å²) in [4.78, 5) is 42.2. The number of likely N-dealkylation sites (N-methyl/N-ethyl adjacent to an activating group) is 1. The number of amides is 3. The lowest BCUT2D eigenvalue weighted by atomic mass is 9.83. The summed E-state index contributed by atoms with van der Waals surface area (Å²) in [7, 11) is 1.72. The quantitative estimate of drug-likeness (QED) is 0.515. The van der Waals surface area contributed by atoms with E-state index >= 15 is 0 Å². The first-order chi connectivity index (χ1) is 17.0. The lowest BCUT2D eigenvalue weighted by Gasteiger charge is -2.35. The molecule has 0 unspecified atom stereocenters. The fourth-order valence-corrected chi connectivity index (χ4v) is 5.62. The molecule has 1 aromatic carbocycles. The van der Waals surface area contributed by atoms with Crippen molar-refractivity contribution in [3.05, 3.63) is 30.3 Å². The standard InChI is InChI=1S/C25H34N6O3S/c1-16(26-2)23(32)27-20(17-10-5-3-6-11-17)25(34)31-15-9-14-19(31)24(33)28-22-21(35-30-29-22)18-12-7-4-8-13-18/h4,7-8,12-13,16-17,19-20,26H,3,5-6,9-11,14-15H2,1-2H3,(H,27,32)(H,28,33)/t16-,19-,20-/m0/s1. The Labute approximate surface area is 210 Å². The van der Waals surface area contributed by atoms with Crippen molar-refractivity contribution in [2.24, 2.45) is 5.92 Å². The Bertz CT molecular complexity index is 1020. The molecule has 0 radical (unpaired) electrons. The van der Waals surface area contributed by atoms with Crippen molar-refractivity contribution >= 4 is 35.1 Å². The van der Waals surface area contributed by atoms with Crippen molar-refractivity contribution in [3.63, 3.8) is 0 Å². The molecule has 10 heteroatoms. The van der Waals surface area contributed by atoms with Gasteiger partial charge in [-0.3, -0.25) is 14.4 Å². The minimum atomic E-state index is -0.618. The molecule has 9 nitrogen and oxygen atoms in total. The molecule has 2 heterocycles. The molecular weight excluding hydrogens is 464 g/mol. The van der Waals surface area contributed by atoms with Crippen LogP contribution in [0.2, 0.25) is 0 Å². The van der Waals surface area contributed by atoms with Crippen LogP contribution in [0, 0.1) is 5.92 Å². The molecule has 2 aromatic rings. The van der Waals surface area contributed by atoms with E-state index in [1.54, 1.807) is 18.9 Å². The fraction of sp³-hybridized carbons (Fsp3) is 0.560. The highest BCUT2D eigenvalue weighted by molar-refractivity contribution is 7.10. The summed E-state index contributed by atoms with van der Waals surface area (Å²) in [6.45, 7) is 2.27. The zero-order chi connectivity index (χ0) is 24.8. The van der Waals surface area contributed by atoms with Gasteiger partial charge in [-0.05, 0) is 62.7 Å². The molecule has 35 heavy (non-hydrogen) atoms. The molecule has 4 rings (SSSR count). The molecule has 1 saturated carbocycles. The van der Waals surface area contributed by atoms with E-state index < -0.39 is 18.1 Å². The molecule has 1 aromatic heterocycles. The van der Waals surface area contributed by atoms with Gasteiger partial charge in [0.2, 0.25) is 17.7 Å². The van der Waals surface area contributed by atoms with E-state index in [9.17, 15) is 14.4 Å². The molecule has 1 saturated heterocycles.